The minimum absolute atomic E-state index is 0.00945. The smallest absolute Gasteiger partial charge is 0.324 e. The molecule has 9 heteroatoms. The van der Waals surface area contributed by atoms with E-state index in [0.717, 1.165) is 16.0 Å². The number of hydrogen-bond acceptors (Lipinski definition) is 5. The number of aliphatic hydroxyl groups excluding tert-OH is 1. The minimum Gasteiger partial charge on any atom is -0.396 e. The SMILES string of the molecule is C[C@@H](CO)Cc1ncc2c(n1)C(=O)N(C(=O)N[C@H](C)c1ccc(Cl)c(Cl)c1)CC2. The normalized spacial score (nSPS) is 15.6. The predicted octanol–water partition coefficient (Wildman–Crippen LogP) is 3.42. The first kappa shape index (κ1) is 21.5. The maximum Gasteiger partial charge on any atom is 0.324 e. The molecule has 154 valence electrons. The average molecular weight is 437 g/mol. The number of aromatic nitrogens is 2. The summed E-state index contributed by atoms with van der Waals surface area (Å²) in [5.74, 6) is 0.00802. The molecule has 2 heterocycles. The summed E-state index contributed by atoms with van der Waals surface area (Å²) in [6.07, 6.45) is 2.58. The first-order valence-electron chi connectivity index (χ1n) is 9.33. The molecule has 0 aliphatic carbocycles. The molecule has 2 aromatic rings. The molecule has 0 unspecified atom stereocenters. The Labute approximate surface area is 179 Å². The van der Waals surface area contributed by atoms with Crippen LogP contribution in [0.5, 0.6) is 0 Å². The van der Waals surface area contributed by atoms with Crippen LogP contribution in [0, 0.1) is 5.92 Å². The second kappa shape index (κ2) is 9.07. The second-order valence-electron chi connectivity index (χ2n) is 7.20. The summed E-state index contributed by atoms with van der Waals surface area (Å²) in [4.78, 5) is 35.4. The highest BCUT2D eigenvalue weighted by molar-refractivity contribution is 6.42. The molecule has 3 rings (SSSR count). The van der Waals surface area contributed by atoms with Gasteiger partial charge in [-0.15, -0.1) is 0 Å². The molecule has 0 saturated carbocycles. The Bertz CT molecular complexity index is 938. The van der Waals surface area contributed by atoms with Crippen LogP contribution in [0.3, 0.4) is 0 Å². The molecule has 0 saturated heterocycles. The summed E-state index contributed by atoms with van der Waals surface area (Å²) in [5.41, 5.74) is 1.74. The van der Waals surface area contributed by atoms with Gasteiger partial charge in [0.25, 0.3) is 5.91 Å². The zero-order valence-corrected chi connectivity index (χ0v) is 17.7. The van der Waals surface area contributed by atoms with Gasteiger partial charge in [-0.1, -0.05) is 36.2 Å². The Morgan fingerprint density at radius 3 is 2.76 bits per heavy atom. The molecule has 2 atom stereocenters. The van der Waals surface area contributed by atoms with Gasteiger partial charge < -0.3 is 10.4 Å². The number of aliphatic hydroxyl groups is 1. The minimum atomic E-state index is -0.497. The van der Waals surface area contributed by atoms with Gasteiger partial charge in [0.1, 0.15) is 11.5 Å². The van der Waals surface area contributed by atoms with E-state index in [1.165, 1.54) is 0 Å². The highest BCUT2D eigenvalue weighted by Crippen LogP contribution is 2.26. The Kier molecular flexibility index (Phi) is 6.72. The van der Waals surface area contributed by atoms with Crippen LogP contribution in [-0.4, -0.2) is 45.1 Å². The first-order valence-corrected chi connectivity index (χ1v) is 10.1. The van der Waals surface area contributed by atoms with E-state index in [-0.39, 0.29) is 30.8 Å². The van der Waals surface area contributed by atoms with Crippen molar-refractivity contribution in [1.29, 1.82) is 0 Å². The van der Waals surface area contributed by atoms with Crippen molar-refractivity contribution in [2.45, 2.75) is 32.7 Å². The lowest BCUT2D eigenvalue weighted by Crippen LogP contribution is -2.48. The van der Waals surface area contributed by atoms with Crippen molar-refractivity contribution in [3.05, 3.63) is 57.1 Å². The Balaban J connectivity index is 1.73. The Morgan fingerprint density at radius 1 is 1.31 bits per heavy atom. The molecular weight excluding hydrogens is 415 g/mol. The van der Waals surface area contributed by atoms with Crippen LogP contribution in [0.25, 0.3) is 0 Å². The second-order valence-corrected chi connectivity index (χ2v) is 8.02. The van der Waals surface area contributed by atoms with E-state index in [9.17, 15) is 14.7 Å². The third-order valence-electron chi connectivity index (χ3n) is 4.84. The Morgan fingerprint density at radius 2 is 2.07 bits per heavy atom. The fraction of sp³-hybridized carbons (Fsp3) is 0.400. The molecule has 1 aromatic heterocycles. The third kappa shape index (κ3) is 4.86. The number of hydrogen-bond donors (Lipinski definition) is 2. The van der Waals surface area contributed by atoms with Crippen molar-refractivity contribution in [3.63, 3.8) is 0 Å². The van der Waals surface area contributed by atoms with Crippen LogP contribution in [0.4, 0.5) is 4.79 Å². The molecule has 0 spiro atoms. The predicted molar refractivity (Wildman–Crippen MR) is 110 cm³/mol. The molecule has 1 aromatic carbocycles. The van der Waals surface area contributed by atoms with E-state index >= 15 is 0 Å². The highest BCUT2D eigenvalue weighted by Gasteiger charge is 2.31. The topological polar surface area (TPSA) is 95.4 Å². The maximum atomic E-state index is 12.9. The molecule has 0 bridgehead atoms. The lowest BCUT2D eigenvalue weighted by molar-refractivity contribution is 0.0777. The van der Waals surface area contributed by atoms with Gasteiger partial charge in [0.2, 0.25) is 0 Å². The molecule has 3 amide bonds. The third-order valence-corrected chi connectivity index (χ3v) is 5.58. The van der Waals surface area contributed by atoms with Crippen LogP contribution in [-0.2, 0) is 12.8 Å². The standard InChI is InChI=1S/C20H22Cl2N4O3/c1-11(10-27)7-17-23-9-14-5-6-26(19(28)18(14)25-17)20(29)24-12(2)13-3-4-15(21)16(22)8-13/h3-4,8-9,11-12,27H,5-7,10H2,1-2H3,(H,24,29)/t11-,12-/m1/s1. The monoisotopic (exact) mass is 436 g/mol. The molecular formula is C20H22Cl2N4O3. The van der Waals surface area contributed by atoms with Gasteiger partial charge in [0, 0.05) is 31.3 Å². The zero-order valence-electron chi connectivity index (χ0n) is 16.2. The number of nitrogens with one attached hydrogen (secondary N) is 1. The van der Waals surface area contributed by atoms with Crippen LogP contribution in [0.15, 0.2) is 24.4 Å². The number of carbonyl (C=O) groups is 2. The van der Waals surface area contributed by atoms with E-state index in [4.69, 9.17) is 23.2 Å². The van der Waals surface area contributed by atoms with E-state index in [1.807, 2.05) is 6.92 Å². The van der Waals surface area contributed by atoms with E-state index in [0.29, 0.717) is 28.7 Å². The number of halogens is 2. The fourth-order valence-electron chi connectivity index (χ4n) is 3.07. The number of urea groups is 1. The zero-order chi connectivity index (χ0) is 21.1. The van der Waals surface area contributed by atoms with Crippen LogP contribution in [0.2, 0.25) is 10.0 Å². The quantitative estimate of drug-likeness (QED) is 0.748. The van der Waals surface area contributed by atoms with Crippen molar-refractivity contribution in [2.75, 3.05) is 13.2 Å². The first-order chi connectivity index (χ1) is 13.8. The molecule has 2 N–H and O–H groups in total. The van der Waals surface area contributed by atoms with Crippen LogP contribution < -0.4 is 5.32 Å². The molecule has 29 heavy (non-hydrogen) atoms. The van der Waals surface area contributed by atoms with Gasteiger partial charge in [-0.25, -0.2) is 14.8 Å². The summed E-state index contributed by atoms with van der Waals surface area (Å²) < 4.78 is 0. The van der Waals surface area contributed by atoms with Crippen molar-refractivity contribution in [1.82, 2.24) is 20.2 Å². The number of amides is 3. The van der Waals surface area contributed by atoms with Gasteiger partial charge in [-0.3, -0.25) is 9.69 Å². The lowest BCUT2D eigenvalue weighted by Gasteiger charge is -2.28. The van der Waals surface area contributed by atoms with Crippen molar-refractivity contribution in [2.24, 2.45) is 5.92 Å². The Hall–Kier alpha value is -2.22. The summed E-state index contributed by atoms with van der Waals surface area (Å²) in [6.45, 7) is 3.93. The lowest BCUT2D eigenvalue weighted by atomic mass is 10.0. The van der Waals surface area contributed by atoms with Gasteiger partial charge in [-0.05, 0) is 37.0 Å². The summed E-state index contributed by atoms with van der Waals surface area (Å²) in [5, 5.41) is 12.9. The van der Waals surface area contributed by atoms with Crippen molar-refractivity contribution < 1.29 is 14.7 Å². The molecule has 0 radical (unpaired) electrons. The number of rotatable bonds is 5. The molecule has 1 aliphatic rings. The van der Waals surface area contributed by atoms with Gasteiger partial charge >= 0.3 is 6.03 Å². The summed E-state index contributed by atoms with van der Waals surface area (Å²) >= 11 is 12.0. The van der Waals surface area contributed by atoms with Crippen LogP contribution in [0.1, 0.15) is 47.3 Å². The van der Waals surface area contributed by atoms with Crippen molar-refractivity contribution in [3.8, 4) is 0 Å². The number of imide groups is 1. The number of nitrogens with zero attached hydrogens (tertiary/aromatic N) is 3. The van der Waals surface area contributed by atoms with Crippen molar-refractivity contribution >= 4 is 35.1 Å². The summed E-state index contributed by atoms with van der Waals surface area (Å²) in [6, 6.07) is 4.26. The van der Waals surface area contributed by atoms with Gasteiger partial charge in [0.15, 0.2) is 0 Å². The maximum absolute atomic E-state index is 12.9. The fourth-order valence-corrected chi connectivity index (χ4v) is 3.38. The number of carbonyl (C=O) groups excluding carboxylic acids is 2. The van der Waals surface area contributed by atoms with E-state index in [1.54, 1.807) is 31.3 Å². The molecule has 0 fully saturated rings. The molecule has 7 nitrogen and oxygen atoms in total. The number of benzene rings is 1. The molecule has 1 aliphatic heterocycles. The highest BCUT2D eigenvalue weighted by atomic mass is 35.5. The van der Waals surface area contributed by atoms with Crippen LogP contribution >= 0.6 is 23.2 Å². The summed E-state index contributed by atoms with van der Waals surface area (Å²) in [7, 11) is 0. The van der Waals surface area contributed by atoms with Gasteiger partial charge in [-0.2, -0.15) is 0 Å². The largest absolute Gasteiger partial charge is 0.396 e. The van der Waals surface area contributed by atoms with E-state index in [2.05, 4.69) is 15.3 Å². The van der Waals surface area contributed by atoms with E-state index < -0.39 is 11.9 Å². The van der Waals surface area contributed by atoms with Gasteiger partial charge in [0.05, 0.1) is 16.1 Å². The average Bonchev–Trinajstić information content (AvgIpc) is 2.70. The number of fused-ring (bicyclic) bond motifs is 1.